The minimum absolute atomic E-state index is 0.0147. The minimum Gasteiger partial charge on any atom is -0.504 e. The normalized spacial score (nSPS) is 17.1. The zero-order valence-electron chi connectivity index (χ0n) is 10.8. The van der Waals surface area contributed by atoms with Crippen LogP contribution in [0.4, 0.5) is 4.79 Å². The number of rotatable bonds is 4. The van der Waals surface area contributed by atoms with Crippen molar-refractivity contribution in [2.45, 2.75) is 0 Å². The van der Waals surface area contributed by atoms with E-state index in [1.54, 1.807) is 18.2 Å². The summed E-state index contributed by atoms with van der Waals surface area (Å²) in [7, 11) is 1.44. The average Bonchev–Trinajstić information content (AvgIpc) is 2.69. The van der Waals surface area contributed by atoms with Gasteiger partial charge in [-0.2, -0.15) is 0 Å². The molecule has 0 aliphatic carbocycles. The molecule has 1 heterocycles. The second kappa shape index (κ2) is 5.98. The Balaban J connectivity index is 2.28. The highest BCUT2D eigenvalue weighted by Crippen LogP contribution is 2.33. The van der Waals surface area contributed by atoms with Crippen molar-refractivity contribution in [3.05, 3.63) is 28.7 Å². The SMILES string of the molecule is COc1cc(/C=C2\SC(=O)N(CCN)C2=O)ccc1O. The van der Waals surface area contributed by atoms with Crippen LogP contribution < -0.4 is 10.5 Å². The van der Waals surface area contributed by atoms with Gasteiger partial charge in [-0.1, -0.05) is 6.07 Å². The fourth-order valence-electron chi connectivity index (χ4n) is 1.76. The van der Waals surface area contributed by atoms with Gasteiger partial charge in [0, 0.05) is 13.1 Å². The van der Waals surface area contributed by atoms with E-state index in [0.717, 1.165) is 16.7 Å². The molecular formula is C13H14N2O4S. The molecule has 2 rings (SSSR count). The van der Waals surface area contributed by atoms with Crippen LogP contribution in [0.5, 0.6) is 11.5 Å². The topological polar surface area (TPSA) is 92.9 Å². The Morgan fingerprint density at radius 1 is 1.45 bits per heavy atom. The maximum absolute atomic E-state index is 12.0. The summed E-state index contributed by atoms with van der Waals surface area (Å²) in [5.41, 5.74) is 6.03. The maximum atomic E-state index is 12.0. The highest BCUT2D eigenvalue weighted by molar-refractivity contribution is 8.18. The van der Waals surface area contributed by atoms with Crippen molar-refractivity contribution >= 4 is 29.0 Å². The lowest BCUT2D eigenvalue weighted by atomic mass is 10.2. The van der Waals surface area contributed by atoms with Crippen molar-refractivity contribution in [2.75, 3.05) is 20.2 Å². The number of thioether (sulfide) groups is 1. The van der Waals surface area contributed by atoms with E-state index >= 15 is 0 Å². The molecule has 0 spiro atoms. The number of benzene rings is 1. The van der Waals surface area contributed by atoms with E-state index in [4.69, 9.17) is 10.5 Å². The van der Waals surface area contributed by atoms with Gasteiger partial charge in [-0.25, -0.2) is 0 Å². The quantitative estimate of drug-likeness (QED) is 0.815. The lowest BCUT2D eigenvalue weighted by molar-refractivity contribution is -0.122. The zero-order chi connectivity index (χ0) is 14.7. The summed E-state index contributed by atoms with van der Waals surface area (Å²) in [6.45, 7) is 0.444. The standard InChI is InChI=1S/C13H14N2O4S/c1-19-10-6-8(2-3-9(10)16)7-11-12(17)15(5-4-14)13(18)20-11/h2-3,6-7,16H,4-5,14H2,1H3/b11-7-. The molecule has 2 amide bonds. The minimum atomic E-state index is -0.350. The average molecular weight is 294 g/mol. The van der Waals surface area contributed by atoms with E-state index in [0.29, 0.717) is 16.2 Å². The molecule has 0 unspecified atom stereocenters. The Morgan fingerprint density at radius 3 is 2.85 bits per heavy atom. The van der Waals surface area contributed by atoms with Gasteiger partial charge in [-0.15, -0.1) is 0 Å². The van der Waals surface area contributed by atoms with Crippen molar-refractivity contribution in [1.82, 2.24) is 4.90 Å². The molecule has 1 aliphatic rings. The van der Waals surface area contributed by atoms with Gasteiger partial charge >= 0.3 is 0 Å². The third-order valence-electron chi connectivity index (χ3n) is 2.73. The number of carbonyl (C=O) groups excluding carboxylic acids is 2. The molecule has 106 valence electrons. The maximum Gasteiger partial charge on any atom is 0.293 e. The highest BCUT2D eigenvalue weighted by Gasteiger charge is 2.34. The van der Waals surface area contributed by atoms with Crippen LogP contribution in [0.15, 0.2) is 23.1 Å². The third-order valence-corrected chi connectivity index (χ3v) is 3.64. The first-order valence-corrected chi connectivity index (χ1v) is 6.71. The van der Waals surface area contributed by atoms with E-state index in [9.17, 15) is 14.7 Å². The molecule has 3 N–H and O–H groups in total. The summed E-state index contributed by atoms with van der Waals surface area (Å²) < 4.78 is 4.99. The Kier molecular flexibility index (Phi) is 4.31. The van der Waals surface area contributed by atoms with Gasteiger partial charge in [-0.3, -0.25) is 14.5 Å². The number of hydrogen-bond acceptors (Lipinski definition) is 6. The molecule has 1 aromatic carbocycles. The van der Waals surface area contributed by atoms with Gasteiger partial charge in [0.2, 0.25) is 0 Å². The molecule has 1 fully saturated rings. The highest BCUT2D eigenvalue weighted by atomic mass is 32.2. The van der Waals surface area contributed by atoms with Crippen LogP contribution in [-0.2, 0) is 4.79 Å². The molecule has 1 aliphatic heterocycles. The van der Waals surface area contributed by atoms with Gasteiger partial charge in [0.1, 0.15) is 0 Å². The molecule has 0 saturated carbocycles. The van der Waals surface area contributed by atoms with Crippen LogP contribution in [-0.4, -0.2) is 41.4 Å². The molecule has 6 nitrogen and oxygen atoms in total. The molecule has 0 aromatic heterocycles. The number of ether oxygens (including phenoxy) is 1. The Labute approximate surface area is 120 Å². The molecule has 7 heteroatoms. The number of carbonyl (C=O) groups is 2. The molecule has 1 aromatic rings. The first-order valence-electron chi connectivity index (χ1n) is 5.89. The van der Waals surface area contributed by atoms with Gasteiger partial charge in [0.25, 0.3) is 11.1 Å². The predicted molar refractivity (Wildman–Crippen MR) is 76.4 cm³/mol. The zero-order valence-corrected chi connectivity index (χ0v) is 11.6. The van der Waals surface area contributed by atoms with Crippen LogP contribution >= 0.6 is 11.8 Å². The Hall–Kier alpha value is -1.99. The van der Waals surface area contributed by atoms with Crippen LogP contribution in [0.25, 0.3) is 6.08 Å². The van der Waals surface area contributed by atoms with Gasteiger partial charge in [0.05, 0.1) is 12.0 Å². The largest absolute Gasteiger partial charge is 0.504 e. The van der Waals surface area contributed by atoms with Crippen LogP contribution in [0, 0.1) is 0 Å². The molecular weight excluding hydrogens is 280 g/mol. The number of methoxy groups -OCH3 is 1. The summed E-state index contributed by atoms with van der Waals surface area (Å²) >= 11 is 0.874. The number of hydrogen-bond donors (Lipinski definition) is 2. The number of phenols is 1. The lowest BCUT2D eigenvalue weighted by Gasteiger charge is -2.09. The molecule has 20 heavy (non-hydrogen) atoms. The second-order valence-electron chi connectivity index (χ2n) is 4.05. The van der Waals surface area contributed by atoms with E-state index in [1.807, 2.05) is 0 Å². The Bertz CT molecular complexity index is 586. The summed E-state index contributed by atoms with van der Waals surface area (Å²) in [5, 5.41) is 9.19. The van der Waals surface area contributed by atoms with Crippen molar-refractivity contribution in [1.29, 1.82) is 0 Å². The van der Waals surface area contributed by atoms with E-state index in [2.05, 4.69) is 0 Å². The number of phenolic OH excluding ortho intramolecular Hbond substituents is 1. The molecule has 0 bridgehead atoms. The first-order chi connectivity index (χ1) is 9.56. The van der Waals surface area contributed by atoms with E-state index in [1.165, 1.54) is 13.2 Å². The lowest BCUT2D eigenvalue weighted by Crippen LogP contribution is -2.33. The van der Waals surface area contributed by atoms with Gasteiger partial charge in [-0.05, 0) is 35.5 Å². The van der Waals surface area contributed by atoms with E-state index in [-0.39, 0.29) is 30.0 Å². The van der Waals surface area contributed by atoms with Crippen molar-refractivity contribution < 1.29 is 19.4 Å². The van der Waals surface area contributed by atoms with Crippen molar-refractivity contribution in [2.24, 2.45) is 5.73 Å². The van der Waals surface area contributed by atoms with Crippen LogP contribution in [0.2, 0.25) is 0 Å². The molecule has 0 radical (unpaired) electrons. The summed E-state index contributed by atoms with van der Waals surface area (Å²) in [6.07, 6.45) is 1.59. The smallest absolute Gasteiger partial charge is 0.293 e. The third kappa shape index (κ3) is 2.78. The fourth-order valence-corrected chi connectivity index (χ4v) is 2.62. The van der Waals surface area contributed by atoms with Gasteiger partial charge < -0.3 is 15.6 Å². The van der Waals surface area contributed by atoms with Crippen molar-refractivity contribution in [3.8, 4) is 11.5 Å². The molecule has 1 saturated heterocycles. The first kappa shape index (κ1) is 14.4. The van der Waals surface area contributed by atoms with Crippen LogP contribution in [0.1, 0.15) is 5.56 Å². The number of amides is 2. The Morgan fingerprint density at radius 2 is 2.20 bits per heavy atom. The molecule has 0 atom stereocenters. The monoisotopic (exact) mass is 294 g/mol. The van der Waals surface area contributed by atoms with E-state index < -0.39 is 0 Å². The predicted octanol–water partition coefficient (Wildman–Crippen LogP) is 1.40. The van der Waals surface area contributed by atoms with Gasteiger partial charge in [0.15, 0.2) is 11.5 Å². The number of imide groups is 1. The van der Waals surface area contributed by atoms with Crippen molar-refractivity contribution in [3.63, 3.8) is 0 Å². The summed E-state index contributed by atoms with van der Waals surface area (Å²) in [6, 6.07) is 4.69. The summed E-state index contributed by atoms with van der Waals surface area (Å²) in [5.74, 6) is -0.0293. The number of nitrogens with zero attached hydrogens (tertiary/aromatic N) is 1. The second-order valence-corrected chi connectivity index (χ2v) is 5.05. The summed E-state index contributed by atoms with van der Waals surface area (Å²) in [4.78, 5) is 25.1. The number of nitrogens with two attached hydrogens (primary N) is 1. The van der Waals surface area contributed by atoms with Crippen LogP contribution in [0.3, 0.4) is 0 Å². The number of aromatic hydroxyl groups is 1. The fraction of sp³-hybridized carbons (Fsp3) is 0.231.